The van der Waals surface area contributed by atoms with E-state index in [-0.39, 0.29) is 5.91 Å². The van der Waals surface area contributed by atoms with E-state index in [0.717, 1.165) is 11.3 Å². The van der Waals surface area contributed by atoms with Crippen LogP contribution in [0.25, 0.3) is 5.69 Å². The van der Waals surface area contributed by atoms with Crippen LogP contribution in [0.3, 0.4) is 0 Å². The highest BCUT2D eigenvalue weighted by Crippen LogP contribution is 2.16. The molecule has 1 atom stereocenters. The summed E-state index contributed by atoms with van der Waals surface area (Å²) in [7, 11) is 0. The second-order valence-corrected chi connectivity index (χ2v) is 6.00. The Balaban J connectivity index is 1.53. The standard InChI is InChI=1S/C19H18ClN3O2/c1-14(25-18-9-7-16(20)8-10-18)19(24)21-11-15-12-22-23(13-15)17-5-3-2-4-6-17/h2-10,12-14H,11H2,1H3,(H,21,24)/t14-/m0/s1. The first-order valence-electron chi connectivity index (χ1n) is 7.91. The third kappa shape index (κ3) is 4.61. The minimum absolute atomic E-state index is 0.192. The van der Waals surface area contributed by atoms with Crippen molar-refractivity contribution < 1.29 is 9.53 Å². The molecule has 0 saturated carbocycles. The number of carbonyl (C=O) groups is 1. The van der Waals surface area contributed by atoms with Gasteiger partial charge in [-0.3, -0.25) is 4.79 Å². The molecule has 0 aliphatic carbocycles. The van der Waals surface area contributed by atoms with Gasteiger partial charge in [0.25, 0.3) is 5.91 Å². The Kier molecular flexibility index (Phi) is 5.36. The molecule has 0 spiro atoms. The Labute approximate surface area is 151 Å². The molecule has 1 heterocycles. The van der Waals surface area contributed by atoms with E-state index >= 15 is 0 Å². The fourth-order valence-electron chi connectivity index (χ4n) is 2.28. The molecular formula is C19H18ClN3O2. The lowest BCUT2D eigenvalue weighted by Gasteiger charge is -2.14. The predicted octanol–water partition coefficient (Wildman–Crippen LogP) is 3.61. The second-order valence-electron chi connectivity index (χ2n) is 5.56. The van der Waals surface area contributed by atoms with Gasteiger partial charge in [0.1, 0.15) is 5.75 Å². The largest absolute Gasteiger partial charge is 0.481 e. The topological polar surface area (TPSA) is 56.1 Å². The molecule has 0 aliphatic heterocycles. The summed E-state index contributed by atoms with van der Waals surface area (Å²) in [6.45, 7) is 2.09. The van der Waals surface area contributed by atoms with Crippen molar-refractivity contribution in [1.29, 1.82) is 0 Å². The molecule has 0 unspecified atom stereocenters. The molecule has 1 N–H and O–H groups in total. The zero-order chi connectivity index (χ0) is 17.6. The van der Waals surface area contributed by atoms with Crippen molar-refractivity contribution in [2.45, 2.75) is 19.6 Å². The first-order chi connectivity index (χ1) is 12.1. The molecule has 3 aromatic rings. The summed E-state index contributed by atoms with van der Waals surface area (Å²) < 4.78 is 7.38. The summed E-state index contributed by atoms with van der Waals surface area (Å²) in [6.07, 6.45) is 3.02. The summed E-state index contributed by atoms with van der Waals surface area (Å²) in [5, 5.41) is 7.78. The van der Waals surface area contributed by atoms with Crippen molar-refractivity contribution in [1.82, 2.24) is 15.1 Å². The molecule has 5 nitrogen and oxygen atoms in total. The minimum atomic E-state index is -0.606. The number of nitrogens with one attached hydrogen (secondary N) is 1. The van der Waals surface area contributed by atoms with Gasteiger partial charge in [-0.1, -0.05) is 29.8 Å². The molecule has 0 bridgehead atoms. The van der Waals surface area contributed by atoms with Gasteiger partial charge in [0.2, 0.25) is 0 Å². The van der Waals surface area contributed by atoms with Gasteiger partial charge in [-0.15, -0.1) is 0 Å². The van der Waals surface area contributed by atoms with Crippen molar-refractivity contribution in [3.63, 3.8) is 0 Å². The first kappa shape index (κ1) is 17.0. The Bertz CT molecular complexity index is 831. The highest BCUT2D eigenvalue weighted by molar-refractivity contribution is 6.30. The van der Waals surface area contributed by atoms with Crippen molar-refractivity contribution in [2.24, 2.45) is 0 Å². The summed E-state index contributed by atoms with van der Waals surface area (Å²) in [4.78, 5) is 12.2. The lowest BCUT2D eigenvalue weighted by atomic mass is 10.3. The van der Waals surface area contributed by atoms with Crippen LogP contribution >= 0.6 is 11.6 Å². The number of benzene rings is 2. The number of rotatable bonds is 6. The number of amides is 1. The summed E-state index contributed by atoms with van der Waals surface area (Å²) in [5.41, 5.74) is 1.88. The smallest absolute Gasteiger partial charge is 0.261 e. The summed E-state index contributed by atoms with van der Waals surface area (Å²) >= 11 is 5.83. The van der Waals surface area contributed by atoms with Crippen LogP contribution < -0.4 is 10.1 Å². The minimum Gasteiger partial charge on any atom is -0.481 e. The molecule has 0 radical (unpaired) electrons. The predicted molar refractivity (Wildman–Crippen MR) is 97.0 cm³/mol. The van der Waals surface area contributed by atoms with Gasteiger partial charge in [-0.05, 0) is 43.3 Å². The van der Waals surface area contributed by atoms with Crippen LogP contribution in [0.2, 0.25) is 5.02 Å². The van der Waals surface area contributed by atoms with Crippen molar-refractivity contribution in [3.05, 3.63) is 77.6 Å². The van der Waals surface area contributed by atoms with Crippen LogP contribution in [-0.2, 0) is 11.3 Å². The zero-order valence-corrected chi connectivity index (χ0v) is 14.5. The number of hydrogen-bond donors (Lipinski definition) is 1. The second kappa shape index (κ2) is 7.85. The fraction of sp³-hybridized carbons (Fsp3) is 0.158. The molecular weight excluding hydrogens is 338 g/mol. The summed E-state index contributed by atoms with van der Waals surface area (Å²) in [5.74, 6) is 0.409. The highest BCUT2D eigenvalue weighted by Gasteiger charge is 2.14. The van der Waals surface area contributed by atoms with E-state index in [1.807, 2.05) is 36.5 Å². The van der Waals surface area contributed by atoms with Gasteiger partial charge in [0.15, 0.2) is 6.10 Å². The lowest BCUT2D eigenvalue weighted by Crippen LogP contribution is -2.35. The Morgan fingerprint density at radius 2 is 1.92 bits per heavy atom. The van der Waals surface area contributed by atoms with Crippen molar-refractivity contribution in [2.75, 3.05) is 0 Å². The van der Waals surface area contributed by atoms with Crippen molar-refractivity contribution >= 4 is 17.5 Å². The van der Waals surface area contributed by atoms with E-state index < -0.39 is 6.10 Å². The third-order valence-electron chi connectivity index (χ3n) is 3.62. The Morgan fingerprint density at radius 1 is 1.20 bits per heavy atom. The van der Waals surface area contributed by atoms with Crippen LogP contribution in [-0.4, -0.2) is 21.8 Å². The molecule has 0 fully saturated rings. The molecule has 128 valence electrons. The van der Waals surface area contributed by atoms with Crippen molar-refractivity contribution in [3.8, 4) is 11.4 Å². The van der Waals surface area contributed by atoms with Crippen LogP contribution in [0, 0.1) is 0 Å². The van der Waals surface area contributed by atoms with Gasteiger partial charge in [0.05, 0.1) is 11.9 Å². The van der Waals surface area contributed by atoms with E-state index in [1.165, 1.54) is 0 Å². The van der Waals surface area contributed by atoms with E-state index in [0.29, 0.717) is 17.3 Å². The number of nitrogens with zero attached hydrogens (tertiary/aromatic N) is 2. The maximum Gasteiger partial charge on any atom is 0.261 e. The quantitative estimate of drug-likeness (QED) is 0.735. The van der Waals surface area contributed by atoms with Gasteiger partial charge in [0, 0.05) is 23.3 Å². The number of carbonyl (C=O) groups excluding carboxylic acids is 1. The molecule has 1 amide bonds. The normalized spacial score (nSPS) is 11.8. The van der Waals surface area contributed by atoms with E-state index in [9.17, 15) is 4.79 Å². The number of aromatic nitrogens is 2. The Hall–Kier alpha value is -2.79. The molecule has 3 rings (SSSR count). The van der Waals surface area contributed by atoms with Gasteiger partial charge < -0.3 is 10.1 Å². The SMILES string of the molecule is C[C@H](Oc1ccc(Cl)cc1)C(=O)NCc1cnn(-c2ccccc2)c1. The average Bonchev–Trinajstić information content (AvgIpc) is 3.11. The van der Waals surface area contributed by atoms with Crippen LogP contribution in [0.4, 0.5) is 0 Å². The number of ether oxygens (including phenoxy) is 1. The van der Waals surface area contributed by atoms with E-state index in [2.05, 4.69) is 10.4 Å². The highest BCUT2D eigenvalue weighted by atomic mass is 35.5. The molecule has 0 aliphatic rings. The van der Waals surface area contributed by atoms with Crippen LogP contribution in [0.15, 0.2) is 67.0 Å². The fourth-order valence-corrected chi connectivity index (χ4v) is 2.40. The number of para-hydroxylation sites is 1. The molecule has 25 heavy (non-hydrogen) atoms. The Morgan fingerprint density at radius 3 is 2.64 bits per heavy atom. The first-order valence-corrected chi connectivity index (χ1v) is 8.28. The third-order valence-corrected chi connectivity index (χ3v) is 3.87. The van der Waals surface area contributed by atoms with Crippen LogP contribution in [0.5, 0.6) is 5.75 Å². The zero-order valence-electron chi connectivity index (χ0n) is 13.7. The number of halogens is 1. The maximum atomic E-state index is 12.2. The van der Waals surface area contributed by atoms with Gasteiger partial charge >= 0.3 is 0 Å². The molecule has 6 heteroatoms. The van der Waals surface area contributed by atoms with Crippen LogP contribution in [0.1, 0.15) is 12.5 Å². The van der Waals surface area contributed by atoms with E-state index in [4.69, 9.17) is 16.3 Å². The molecule has 0 saturated heterocycles. The maximum absolute atomic E-state index is 12.2. The summed E-state index contributed by atoms with van der Waals surface area (Å²) in [6, 6.07) is 16.7. The number of hydrogen-bond acceptors (Lipinski definition) is 3. The van der Waals surface area contributed by atoms with E-state index in [1.54, 1.807) is 42.1 Å². The molecule has 1 aromatic heterocycles. The van der Waals surface area contributed by atoms with Gasteiger partial charge in [-0.2, -0.15) is 5.10 Å². The van der Waals surface area contributed by atoms with Gasteiger partial charge in [-0.25, -0.2) is 4.68 Å². The lowest BCUT2D eigenvalue weighted by molar-refractivity contribution is -0.127. The average molecular weight is 356 g/mol. The monoisotopic (exact) mass is 355 g/mol. The molecule has 2 aromatic carbocycles.